The highest BCUT2D eigenvalue weighted by Crippen LogP contribution is 2.36. The normalized spacial score (nSPS) is 14.3. The molecule has 6 rings (SSSR count). The average molecular weight is 829 g/mol. The number of nitrogens with zero attached hydrogens (tertiary/aromatic N) is 5. The molecule has 0 aliphatic carbocycles. The molecule has 2 aliphatic heterocycles. The number of nitro groups is 1. The van der Waals surface area contributed by atoms with E-state index < -0.39 is 28.3 Å². The lowest BCUT2D eigenvalue weighted by Gasteiger charge is -2.29. The van der Waals surface area contributed by atoms with E-state index in [0.29, 0.717) is 47.6 Å². The molecule has 2 amide bonds. The molecule has 4 aromatic carbocycles. The van der Waals surface area contributed by atoms with E-state index >= 15 is 0 Å². The third-order valence-electron chi connectivity index (χ3n) is 9.06. The van der Waals surface area contributed by atoms with E-state index in [1.807, 2.05) is 63.2 Å². The maximum absolute atomic E-state index is 12.4. The first-order valence-corrected chi connectivity index (χ1v) is 19.7. The van der Waals surface area contributed by atoms with Crippen molar-refractivity contribution in [1.82, 2.24) is 0 Å². The number of morpholine rings is 2. The summed E-state index contributed by atoms with van der Waals surface area (Å²) >= 11 is 0. The standard InChI is InChI=1S/C22H27N3O6.C22H29N3O4/c1-22(2,3)31-21(26)23(4)20-15-18(8-9-19(20)25(27)28)30-17-7-5-6-16(14-17)24-10-12-29-13-11-24;1-22(2,3)29-21(26)24(4)20-15-18(8-9-19(20)23)28-17-7-5-6-16(14-17)25-10-12-27-13-11-25/h5-9,14-15H,10-13H2,1-4H3;5-9,14-15H,10-13,23H2,1-4H3. The number of carbonyl (C=O) groups is 2. The van der Waals surface area contributed by atoms with Crippen LogP contribution in [0.25, 0.3) is 0 Å². The first-order valence-electron chi connectivity index (χ1n) is 19.7. The summed E-state index contributed by atoms with van der Waals surface area (Å²) in [5.41, 5.74) is 7.72. The zero-order valence-electron chi connectivity index (χ0n) is 35.6. The third kappa shape index (κ3) is 12.9. The molecule has 322 valence electrons. The Balaban J connectivity index is 0.000000228. The number of rotatable bonds is 9. The smallest absolute Gasteiger partial charge is 0.414 e. The van der Waals surface area contributed by atoms with Gasteiger partial charge in [-0.2, -0.15) is 0 Å². The summed E-state index contributed by atoms with van der Waals surface area (Å²) in [6, 6.07) is 25.0. The molecule has 2 N–H and O–H groups in total. The molecule has 2 heterocycles. The predicted octanol–water partition coefficient (Wildman–Crippen LogP) is 8.86. The van der Waals surface area contributed by atoms with Gasteiger partial charge in [0.1, 0.15) is 39.9 Å². The molecule has 0 radical (unpaired) electrons. The van der Waals surface area contributed by atoms with E-state index in [2.05, 4.69) is 15.9 Å². The van der Waals surface area contributed by atoms with Gasteiger partial charge in [0.25, 0.3) is 5.69 Å². The molecular weight excluding hydrogens is 773 g/mol. The number of ether oxygens (including phenoxy) is 6. The fourth-order valence-electron chi connectivity index (χ4n) is 6.13. The minimum absolute atomic E-state index is 0.0843. The number of hydrogen-bond acceptors (Lipinski definition) is 13. The Hall–Kier alpha value is -6.26. The topological polar surface area (TPSA) is 172 Å². The van der Waals surface area contributed by atoms with Gasteiger partial charge in [-0.3, -0.25) is 19.9 Å². The van der Waals surface area contributed by atoms with Gasteiger partial charge in [-0.1, -0.05) is 12.1 Å². The lowest BCUT2D eigenvalue weighted by atomic mass is 10.2. The molecule has 2 fully saturated rings. The largest absolute Gasteiger partial charge is 0.457 e. The minimum Gasteiger partial charge on any atom is -0.457 e. The molecule has 2 aliphatic rings. The van der Waals surface area contributed by atoms with Crippen LogP contribution in [0, 0.1) is 10.1 Å². The highest BCUT2D eigenvalue weighted by molar-refractivity contribution is 5.92. The molecule has 0 spiro atoms. The van der Waals surface area contributed by atoms with Crippen LogP contribution in [0.4, 0.5) is 43.7 Å². The van der Waals surface area contributed by atoms with Crippen LogP contribution < -0.4 is 34.8 Å². The summed E-state index contributed by atoms with van der Waals surface area (Å²) in [6.45, 7) is 16.8. The fraction of sp³-hybridized carbons (Fsp3) is 0.409. The number of hydrogen-bond donors (Lipinski definition) is 1. The number of carbonyl (C=O) groups excluding carboxylic acids is 2. The second-order valence-electron chi connectivity index (χ2n) is 16.1. The summed E-state index contributed by atoms with van der Waals surface area (Å²) in [4.78, 5) is 42.8. The average Bonchev–Trinajstić information content (AvgIpc) is 3.21. The van der Waals surface area contributed by atoms with Crippen LogP contribution in [0.1, 0.15) is 41.5 Å². The highest BCUT2D eigenvalue weighted by atomic mass is 16.6. The van der Waals surface area contributed by atoms with Crippen LogP contribution in [0.3, 0.4) is 0 Å². The first kappa shape index (κ1) is 44.8. The monoisotopic (exact) mass is 828 g/mol. The van der Waals surface area contributed by atoms with Gasteiger partial charge in [-0.15, -0.1) is 0 Å². The van der Waals surface area contributed by atoms with E-state index in [4.69, 9.17) is 34.2 Å². The molecule has 0 atom stereocenters. The summed E-state index contributed by atoms with van der Waals surface area (Å²) in [5, 5.41) is 11.5. The zero-order chi connectivity index (χ0) is 43.6. The number of nitrogen functional groups attached to an aromatic ring is 1. The van der Waals surface area contributed by atoms with Gasteiger partial charge in [-0.25, -0.2) is 9.59 Å². The summed E-state index contributed by atoms with van der Waals surface area (Å²) in [7, 11) is 3.06. The van der Waals surface area contributed by atoms with Gasteiger partial charge in [0.15, 0.2) is 0 Å². The molecular formula is C44H56N6O10. The summed E-state index contributed by atoms with van der Waals surface area (Å²) in [6.07, 6.45) is -1.17. The van der Waals surface area contributed by atoms with E-state index in [1.165, 1.54) is 30.1 Å². The van der Waals surface area contributed by atoms with Gasteiger partial charge in [-0.05, 0) is 84.0 Å². The maximum Gasteiger partial charge on any atom is 0.414 e. The number of amides is 2. The maximum atomic E-state index is 12.4. The predicted molar refractivity (Wildman–Crippen MR) is 232 cm³/mol. The van der Waals surface area contributed by atoms with Gasteiger partial charge in [0.05, 0.1) is 42.7 Å². The van der Waals surface area contributed by atoms with Crippen LogP contribution in [-0.4, -0.2) is 95.0 Å². The quantitative estimate of drug-likeness (QED) is 0.0965. The molecule has 16 heteroatoms. The van der Waals surface area contributed by atoms with Crippen LogP contribution in [0.2, 0.25) is 0 Å². The van der Waals surface area contributed by atoms with Crippen molar-refractivity contribution in [3.63, 3.8) is 0 Å². The van der Waals surface area contributed by atoms with E-state index in [-0.39, 0.29) is 11.4 Å². The Morgan fingerprint density at radius 2 is 1.03 bits per heavy atom. The molecule has 60 heavy (non-hydrogen) atoms. The van der Waals surface area contributed by atoms with Gasteiger partial charge < -0.3 is 44.0 Å². The third-order valence-corrected chi connectivity index (χ3v) is 9.06. The van der Waals surface area contributed by atoms with Crippen molar-refractivity contribution in [3.05, 3.63) is 95.0 Å². The van der Waals surface area contributed by atoms with E-state index in [1.54, 1.807) is 46.0 Å². The Labute approximate surface area is 351 Å². The van der Waals surface area contributed by atoms with Crippen LogP contribution >= 0.6 is 0 Å². The highest BCUT2D eigenvalue weighted by Gasteiger charge is 2.27. The van der Waals surface area contributed by atoms with Crippen molar-refractivity contribution in [2.24, 2.45) is 0 Å². The number of nitro benzene ring substituents is 1. The Kier molecular flexibility index (Phi) is 14.7. The van der Waals surface area contributed by atoms with E-state index in [0.717, 1.165) is 55.7 Å². The number of anilines is 5. The Morgan fingerprint density at radius 3 is 1.47 bits per heavy atom. The van der Waals surface area contributed by atoms with Crippen molar-refractivity contribution in [2.45, 2.75) is 52.7 Å². The number of benzene rings is 4. The first-order chi connectivity index (χ1) is 28.4. The second-order valence-corrected chi connectivity index (χ2v) is 16.1. The van der Waals surface area contributed by atoms with Crippen LogP contribution in [0.5, 0.6) is 23.0 Å². The molecule has 0 aromatic heterocycles. The summed E-state index contributed by atoms with van der Waals surface area (Å²) < 4.78 is 33.6. The zero-order valence-corrected chi connectivity index (χ0v) is 35.6. The molecule has 2 saturated heterocycles. The Bertz CT molecular complexity index is 2110. The molecule has 16 nitrogen and oxygen atoms in total. The minimum atomic E-state index is -0.728. The van der Waals surface area contributed by atoms with E-state index in [9.17, 15) is 19.7 Å². The molecule has 0 bridgehead atoms. The van der Waals surface area contributed by atoms with Crippen molar-refractivity contribution in [3.8, 4) is 23.0 Å². The van der Waals surface area contributed by atoms with Crippen LogP contribution in [0.15, 0.2) is 84.9 Å². The molecule has 0 saturated carbocycles. The lowest BCUT2D eigenvalue weighted by Crippen LogP contribution is -2.36. The van der Waals surface area contributed by atoms with Crippen molar-refractivity contribution >= 4 is 46.3 Å². The summed E-state index contributed by atoms with van der Waals surface area (Å²) in [5.74, 6) is 2.26. The molecule has 4 aromatic rings. The SMILES string of the molecule is CN(C(=O)OC(C)(C)C)c1cc(Oc2cccc(N3CCOCC3)c2)ccc1N.CN(C(=O)OC(C)(C)C)c1cc(Oc2cccc(N3CCOCC3)c2)ccc1[N+](=O)[O-]. The van der Waals surface area contributed by atoms with Crippen molar-refractivity contribution in [2.75, 3.05) is 92.0 Å². The second kappa shape index (κ2) is 19.7. The Morgan fingerprint density at radius 1 is 0.633 bits per heavy atom. The van der Waals surface area contributed by atoms with Gasteiger partial charge >= 0.3 is 12.2 Å². The number of nitrogens with two attached hydrogens (primary N) is 1. The van der Waals surface area contributed by atoms with Crippen molar-refractivity contribution in [1.29, 1.82) is 0 Å². The fourth-order valence-corrected chi connectivity index (χ4v) is 6.13. The van der Waals surface area contributed by atoms with Gasteiger partial charge in [0, 0.05) is 82.0 Å². The van der Waals surface area contributed by atoms with Crippen LogP contribution in [-0.2, 0) is 18.9 Å². The van der Waals surface area contributed by atoms with Crippen molar-refractivity contribution < 1.29 is 42.9 Å². The van der Waals surface area contributed by atoms with Gasteiger partial charge in [0.2, 0.25) is 0 Å². The molecule has 0 unspecified atom stereocenters. The lowest BCUT2D eigenvalue weighted by molar-refractivity contribution is -0.384.